The summed E-state index contributed by atoms with van der Waals surface area (Å²) in [6.07, 6.45) is 2.50. The number of carbonyl (C=O) groups excluding carboxylic acids is 1. The van der Waals surface area contributed by atoms with Crippen molar-refractivity contribution >= 4 is 11.6 Å². The highest BCUT2D eigenvalue weighted by Crippen LogP contribution is 2.22. The summed E-state index contributed by atoms with van der Waals surface area (Å²) >= 11 is 0. The molecule has 1 amide bonds. The Morgan fingerprint density at radius 3 is 2.82 bits per heavy atom. The van der Waals surface area contributed by atoms with Crippen molar-refractivity contribution in [3.05, 3.63) is 41.7 Å². The van der Waals surface area contributed by atoms with Gasteiger partial charge in [-0.15, -0.1) is 0 Å². The molecule has 3 heteroatoms. The van der Waals surface area contributed by atoms with Gasteiger partial charge in [-0.05, 0) is 25.0 Å². The molecule has 1 aliphatic rings. The van der Waals surface area contributed by atoms with Crippen molar-refractivity contribution in [1.82, 2.24) is 0 Å². The summed E-state index contributed by atoms with van der Waals surface area (Å²) < 4.78 is 5.52. The molecule has 0 fully saturated rings. The highest BCUT2D eigenvalue weighted by atomic mass is 16.5. The predicted molar refractivity (Wildman–Crippen MR) is 67.6 cm³/mol. The fourth-order valence-electron chi connectivity index (χ4n) is 1.95. The van der Waals surface area contributed by atoms with E-state index in [0.717, 1.165) is 42.9 Å². The normalized spacial score (nSPS) is 15.4. The molecule has 90 valence electrons. The molecule has 1 aliphatic heterocycles. The van der Waals surface area contributed by atoms with Crippen LogP contribution in [-0.2, 0) is 9.53 Å². The van der Waals surface area contributed by atoms with Crippen LogP contribution in [0, 0.1) is 0 Å². The van der Waals surface area contributed by atoms with Crippen LogP contribution in [0.2, 0.25) is 0 Å². The van der Waals surface area contributed by atoms with E-state index < -0.39 is 0 Å². The molecule has 3 nitrogen and oxygen atoms in total. The fraction of sp³-hybridized carbons (Fsp3) is 0.357. The van der Waals surface area contributed by atoms with Crippen molar-refractivity contribution in [3.8, 4) is 0 Å². The summed E-state index contributed by atoms with van der Waals surface area (Å²) in [6.45, 7) is 2.74. The second kappa shape index (κ2) is 5.53. The third kappa shape index (κ3) is 2.87. The Hall–Kier alpha value is -1.77. The Morgan fingerprint density at radius 1 is 1.35 bits per heavy atom. The molecule has 0 saturated carbocycles. The lowest BCUT2D eigenvalue weighted by molar-refractivity contribution is -0.113. The van der Waals surface area contributed by atoms with Crippen molar-refractivity contribution in [2.45, 2.75) is 26.2 Å². The molecule has 0 spiro atoms. The van der Waals surface area contributed by atoms with Gasteiger partial charge < -0.3 is 10.1 Å². The van der Waals surface area contributed by atoms with Crippen molar-refractivity contribution < 1.29 is 9.53 Å². The van der Waals surface area contributed by atoms with Gasteiger partial charge in [-0.2, -0.15) is 0 Å². The SMILES string of the molecule is CCC1=C(C(=O)Nc2ccccc2)CCCO1. The highest BCUT2D eigenvalue weighted by Gasteiger charge is 2.19. The minimum atomic E-state index is -0.0345. The van der Waals surface area contributed by atoms with Crippen LogP contribution in [0.1, 0.15) is 26.2 Å². The van der Waals surface area contributed by atoms with E-state index in [1.165, 1.54) is 0 Å². The van der Waals surface area contributed by atoms with Crippen LogP contribution < -0.4 is 5.32 Å². The lowest BCUT2D eigenvalue weighted by atomic mass is 10.0. The van der Waals surface area contributed by atoms with Crippen molar-refractivity contribution in [2.24, 2.45) is 0 Å². The van der Waals surface area contributed by atoms with Gasteiger partial charge in [0.1, 0.15) is 5.76 Å². The second-order valence-electron chi connectivity index (χ2n) is 4.03. The molecule has 0 aromatic heterocycles. The number of carbonyl (C=O) groups is 1. The number of rotatable bonds is 3. The van der Waals surface area contributed by atoms with E-state index in [1.807, 2.05) is 37.3 Å². The summed E-state index contributed by atoms with van der Waals surface area (Å²) in [5, 5.41) is 2.90. The van der Waals surface area contributed by atoms with Crippen molar-refractivity contribution in [2.75, 3.05) is 11.9 Å². The molecule has 1 aromatic rings. The van der Waals surface area contributed by atoms with Gasteiger partial charge in [0, 0.05) is 12.1 Å². The average Bonchev–Trinajstić information content (AvgIpc) is 2.40. The number of hydrogen-bond acceptors (Lipinski definition) is 2. The first-order valence-corrected chi connectivity index (χ1v) is 6.02. The van der Waals surface area contributed by atoms with E-state index in [9.17, 15) is 4.79 Å². The van der Waals surface area contributed by atoms with Gasteiger partial charge >= 0.3 is 0 Å². The van der Waals surface area contributed by atoms with Crippen LogP contribution in [0.3, 0.4) is 0 Å². The standard InChI is InChI=1S/C14H17NO2/c1-2-13-12(9-6-10-17-13)14(16)15-11-7-4-3-5-8-11/h3-5,7-8H,2,6,9-10H2,1H3,(H,15,16). The van der Waals surface area contributed by atoms with Crippen LogP contribution in [0.15, 0.2) is 41.7 Å². The Bertz CT molecular complexity index is 423. The zero-order chi connectivity index (χ0) is 12.1. The maximum absolute atomic E-state index is 12.1. The fourth-order valence-corrected chi connectivity index (χ4v) is 1.95. The average molecular weight is 231 g/mol. The third-order valence-corrected chi connectivity index (χ3v) is 2.81. The van der Waals surface area contributed by atoms with Gasteiger partial charge in [0.2, 0.25) is 0 Å². The van der Waals surface area contributed by atoms with Gasteiger partial charge in [-0.25, -0.2) is 0 Å². The van der Waals surface area contributed by atoms with Gasteiger partial charge in [0.25, 0.3) is 5.91 Å². The predicted octanol–water partition coefficient (Wildman–Crippen LogP) is 3.10. The Balaban J connectivity index is 2.12. The molecule has 0 radical (unpaired) electrons. The first-order chi connectivity index (χ1) is 8.31. The number of para-hydroxylation sites is 1. The van der Waals surface area contributed by atoms with Crippen LogP contribution in [0.25, 0.3) is 0 Å². The third-order valence-electron chi connectivity index (χ3n) is 2.81. The topological polar surface area (TPSA) is 38.3 Å². The van der Waals surface area contributed by atoms with Crippen LogP contribution in [0.5, 0.6) is 0 Å². The molecule has 2 rings (SSSR count). The zero-order valence-electron chi connectivity index (χ0n) is 10.0. The summed E-state index contributed by atoms with van der Waals surface area (Å²) in [5.41, 5.74) is 1.62. The molecule has 1 aromatic carbocycles. The first kappa shape index (κ1) is 11.7. The molecule has 0 unspecified atom stereocenters. The summed E-state index contributed by atoms with van der Waals surface area (Å²) in [7, 11) is 0. The molecule has 0 atom stereocenters. The second-order valence-corrected chi connectivity index (χ2v) is 4.03. The van der Waals surface area contributed by atoms with E-state index in [2.05, 4.69) is 5.32 Å². The molecule has 17 heavy (non-hydrogen) atoms. The number of benzene rings is 1. The molecule has 0 aliphatic carbocycles. The van der Waals surface area contributed by atoms with E-state index in [0.29, 0.717) is 0 Å². The smallest absolute Gasteiger partial charge is 0.254 e. The van der Waals surface area contributed by atoms with Crippen molar-refractivity contribution in [1.29, 1.82) is 0 Å². The minimum Gasteiger partial charge on any atom is -0.497 e. The zero-order valence-corrected chi connectivity index (χ0v) is 10.0. The summed E-state index contributed by atoms with van der Waals surface area (Å²) in [4.78, 5) is 12.1. The first-order valence-electron chi connectivity index (χ1n) is 6.02. The van der Waals surface area contributed by atoms with E-state index in [-0.39, 0.29) is 5.91 Å². The molecular formula is C14H17NO2. The number of anilines is 1. The van der Waals surface area contributed by atoms with Gasteiger partial charge in [-0.1, -0.05) is 25.1 Å². The number of allylic oxidation sites excluding steroid dienone is 1. The maximum Gasteiger partial charge on any atom is 0.254 e. The molecule has 0 saturated heterocycles. The van der Waals surface area contributed by atoms with Crippen LogP contribution >= 0.6 is 0 Å². The monoisotopic (exact) mass is 231 g/mol. The number of ether oxygens (including phenoxy) is 1. The van der Waals surface area contributed by atoms with Crippen LogP contribution in [0.4, 0.5) is 5.69 Å². The lowest BCUT2D eigenvalue weighted by Crippen LogP contribution is -2.20. The number of amides is 1. The van der Waals surface area contributed by atoms with E-state index in [4.69, 9.17) is 4.74 Å². The number of hydrogen-bond donors (Lipinski definition) is 1. The molecular weight excluding hydrogens is 214 g/mol. The van der Waals surface area contributed by atoms with E-state index in [1.54, 1.807) is 0 Å². The van der Waals surface area contributed by atoms with Gasteiger partial charge in [0.05, 0.1) is 12.2 Å². The summed E-state index contributed by atoms with van der Waals surface area (Å²) in [5.74, 6) is 0.803. The molecule has 1 heterocycles. The van der Waals surface area contributed by atoms with Gasteiger partial charge in [-0.3, -0.25) is 4.79 Å². The van der Waals surface area contributed by atoms with Crippen LogP contribution in [-0.4, -0.2) is 12.5 Å². The quantitative estimate of drug-likeness (QED) is 0.868. The highest BCUT2D eigenvalue weighted by molar-refractivity contribution is 6.04. The molecule has 1 N–H and O–H groups in total. The Labute approximate surface area is 101 Å². The van der Waals surface area contributed by atoms with Crippen molar-refractivity contribution in [3.63, 3.8) is 0 Å². The molecule has 0 bridgehead atoms. The Kier molecular flexibility index (Phi) is 3.81. The number of nitrogens with one attached hydrogen (secondary N) is 1. The lowest BCUT2D eigenvalue weighted by Gasteiger charge is -2.20. The van der Waals surface area contributed by atoms with Gasteiger partial charge in [0.15, 0.2) is 0 Å². The maximum atomic E-state index is 12.1. The summed E-state index contributed by atoms with van der Waals surface area (Å²) in [6, 6.07) is 9.50. The largest absolute Gasteiger partial charge is 0.497 e. The minimum absolute atomic E-state index is 0.0345. The Morgan fingerprint density at radius 2 is 2.12 bits per heavy atom. The van der Waals surface area contributed by atoms with E-state index >= 15 is 0 Å².